The van der Waals surface area contributed by atoms with Gasteiger partial charge in [-0.3, -0.25) is 0 Å². The van der Waals surface area contributed by atoms with Crippen molar-refractivity contribution in [2.24, 2.45) is 0 Å². The zero-order chi connectivity index (χ0) is 11.1. The van der Waals surface area contributed by atoms with Crippen LogP contribution in [0.15, 0.2) is 18.2 Å². The Balaban J connectivity index is 2.34. The molecule has 0 spiro atoms. The van der Waals surface area contributed by atoms with E-state index in [0.717, 1.165) is 6.07 Å². The molecule has 15 heavy (non-hydrogen) atoms. The van der Waals surface area contributed by atoms with Crippen LogP contribution in [0.1, 0.15) is 11.7 Å². The summed E-state index contributed by atoms with van der Waals surface area (Å²) < 4.78 is 44.6. The smallest absolute Gasteiger partial charge is 0.486 e. The van der Waals surface area contributed by atoms with Crippen LogP contribution in [0.5, 0.6) is 11.5 Å². The summed E-state index contributed by atoms with van der Waals surface area (Å²) in [5, 5.41) is 9.34. The molecule has 0 fully saturated rings. The summed E-state index contributed by atoms with van der Waals surface area (Å²) in [6.07, 6.45) is -5.65. The van der Waals surface area contributed by atoms with Crippen molar-refractivity contribution in [3.63, 3.8) is 0 Å². The molecule has 0 bridgehead atoms. The number of hydrogen-bond acceptors (Lipinski definition) is 3. The number of alkyl halides is 3. The van der Waals surface area contributed by atoms with E-state index in [9.17, 15) is 18.3 Å². The summed E-state index contributed by atoms with van der Waals surface area (Å²) >= 11 is 0. The first-order valence-corrected chi connectivity index (χ1v) is 4.17. The van der Waals surface area contributed by atoms with Crippen molar-refractivity contribution in [1.29, 1.82) is 0 Å². The third-order valence-corrected chi connectivity index (χ3v) is 1.98. The lowest BCUT2D eigenvalue weighted by Gasteiger charge is -2.11. The van der Waals surface area contributed by atoms with Crippen molar-refractivity contribution in [2.75, 3.05) is 6.61 Å². The molecule has 0 aliphatic carbocycles. The first-order valence-electron chi connectivity index (χ1n) is 4.17. The molecule has 3 nitrogen and oxygen atoms in total. The highest BCUT2D eigenvalue weighted by Gasteiger charge is 2.35. The molecular weight excluding hydrogens is 213 g/mol. The largest absolute Gasteiger partial charge is 0.573 e. The summed E-state index contributed by atoms with van der Waals surface area (Å²) in [5.41, 5.74) is 0.316. The fourth-order valence-electron chi connectivity index (χ4n) is 1.41. The summed E-state index contributed by atoms with van der Waals surface area (Å²) in [5.74, 6) is -0.459. The van der Waals surface area contributed by atoms with E-state index in [0.29, 0.717) is 5.56 Å². The number of fused-ring (bicyclic) bond motifs is 1. The Morgan fingerprint density at radius 1 is 1.40 bits per heavy atom. The first-order chi connectivity index (χ1) is 6.97. The second kappa shape index (κ2) is 3.30. The zero-order valence-electron chi connectivity index (χ0n) is 7.41. The average molecular weight is 220 g/mol. The lowest BCUT2D eigenvalue weighted by Crippen LogP contribution is -2.17. The van der Waals surface area contributed by atoms with E-state index in [1.165, 1.54) is 12.1 Å². The van der Waals surface area contributed by atoms with Gasteiger partial charge in [0.25, 0.3) is 0 Å². The molecule has 6 heteroatoms. The highest BCUT2D eigenvalue weighted by molar-refractivity contribution is 5.49. The minimum absolute atomic E-state index is 0.0395. The zero-order valence-corrected chi connectivity index (χ0v) is 7.41. The number of ether oxygens (including phenoxy) is 2. The van der Waals surface area contributed by atoms with Gasteiger partial charge in [-0.05, 0) is 6.07 Å². The number of aliphatic hydroxyl groups is 1. The van der Waals surface area contributed by atoms with Gasteiger partial charge in [0.1, 0.15) is 12.7 Å². The van der Waals surface area contributed by atoms with Crippen molar-refractivity contribution in [3.8, 4) is 11.5 Å². The molecule has 2 rings (SSSR count). The van der Waals surface area contributed by atoms with E-state index in [-0.39, 0.29) is 12.4 Å². The van der Waals surface area contributed by atoms with Crippen LogP contribution >= 0.6 is 0 Å². The molecule has 1 aliphatic heterocycles. The van der Waals surface area contributed by atoms with Crippen LogP contribution in [0.4, 0.5) is 13.2 Å². The lowest BCUT2D eigenvalue weighted by molar-refractivity contribution is -0.275. The first kappa shape index (κ1) is 10.1. The Bertz CT molecular complexity index is 375. The molecule has 1 aliphatic rings. The van der Waals surface area contributed by atoms with Crippen molar-refractivity contribution in [3.05, 3.63) is 23.8 Å². The second-order valence-corrected chi connectivity index (χ2v) is 3.05. The van der Waals surface area contributed by atoms with Crippen molar-refractivity contribution >= 4 is 0 Å². The van der Waals surface area contributed by atoms with Gasteiger partial charge in [0.05, 0.1) is 0 Å². The molecule has 1 atom stereocenters. The summed E-state index contributed by atoms with van der Waals surface area (Å²) in [4.78, 5) is 0. The van der Waals surface area contributed by atoms with E-state index < -0.39 is 18.2 Å². The molecule has 0 unspecified atom stereocenters. The van der Waals surface area contributed by atoms with Crippen molar-refractivity contribution in [2.45, 2.75) is 12.5 Å². The third kappa shape index (κ3) is 1.99. The lowest BCUT2D eigenvalue weighted by atomic mass is 10.1. The maximum absolute atomic E-state index is 12.0. The number of hydrogen-bond donors (Lipinski definition) is 1. The number of para-hydroxylation sites is 1. The Morgan fingerprint density at radius 2 is 2.13 bits per heavy atom. The quantitative estimate of drug-likeness (QED) is 0.786. The summed E-state index contributed by atoms with van der Waals surface area (Å²) in [6, 6.07) is 4.01. The SMILES string of the molecule is O[C@H]1COc2c(OC(F)(F)F)cccc21. The molecular formula is C9H7F3O3. The van der Waals surface area contributed by atoms with Crippen LogP contribution in [-0.2, 0) is 0 Å². The topological polar surface area (TPSA) is 38.7 Å². The van der Waals surface area contributed by atoms with Gasteiger partial charge >= 0.3 is 6.36 Å². The van der Waals surface area contributed by atoms with Crippen molar-refractivity contribution in [1.82, 2.24) is 0 Å². The molecule has 0 aromatic heterocycles. The van der Waals surface area contributed by atoms with E-state index in [2.05, 4.69) is 4.74 Å². The molecule has 1 heterocycles. The minimum Gasteiger partial charge on any atom is -0.486 e. The van der Waals surface area contributed by atoms with Crippen molar-refractivity contribution < 1.29 is 27.8 Å². The Kier molecular flexibility index (Phi) is 2.22. The summed E-state index contributed by atoms with van der Waals surface area (Å²) in [6.45, 7) is -0.0481. The van der Waals surface area contributed by atoms with E-state index in [4.69, 9.17) is 4.74 Å². The van der Waals surface area contributed by atoms with Crippen LogP contribution in [-0.4, -0.2) is 18.1 Å². The van der Waals surface area contributed by atoms with E-state index in [1.807, 2.05) is 0 Å². The monoisotopic (exact) mass is 220 g/mol. The highest BCUT2D eigenvalue weighted by Crippen LogP contribution is 2.41. The minimum atomic E-state index is -4.76. The van der Waals surface area contributed by atoms with Crippen LogP contribution in [0.3, 0.4) is 0 Å². The standard InChI is InChI=1S/C9H7F3O3/c10-9(11,12)15-7-3-1-2-5-6(13)4-14-8(5)7/h1-3,6,13H,4H2/t6-/m0/s1. The fraction of sp³-hybridized carbons (Fsp3) is 0.333. The van der Waals surface area contributed by atoms with Gasteiger partial charge in [0.2, 0.25) is 0 Å². The third-order valence-electron chi connectivity index (χ3n) is 1.98. The van der Waals surface area contributed by atoms with Gasteiger partial charge in [-0.1, -0.05) is 12.1 Å². The summed E-state index contributed by atoms with van der Waals surface area (Å²) in [7, 11) is 0. The average Bonchev–Trinajstić information content (AvgIpc) is 2.47. The van der Waals surface area contributed by atoms with Crippen LogP contribution in [0.25, 0.3) is 0 Å². The predicted octanol–water partition coefficient (Wildman–Crippen LogP) is 2.01. The van der Waals surface area contributed by atoms with Crippen LogP contribution in [0.2, 0.25) is 0 Å². The van der Waals surface area contributed by atoms with Gasteiger partial charge in [-0.2, -0.15) is 0 Å². The van der Waals surface area contributed by atoms with Gasteiger partial charge in [-0.25, -0.2) is 0 Å². The normalized spacial score (nSPS) is 19.6. The second-order valence-electron chi connectivity index (χ2n) is 3.05. The maximum atomic E-state index is 12.0. The Hall–Kier alpha value is -1.43. The Morgan fingerprint density at radius 3 is 2.80 bits per heavy atom. The molecule has 1 aromatic rings. The maximum Gasteiger partial charge on any atom is 0.573 e. The Labute approximate surface area is 83.0 Å². The van der Waals surface area contributed by atoms with E-state index >= 15 is 0 Å². The molecule has 1 N–H and O–H groups in total. The molecule has 82 valence electrons. The highest BCUT2D eigenvalue weighted by atomic mass is 19.4. The number of halogens is 3. The van der Waals surface area contributed by atoms with Gasteiger partial charge in [-0.15, -0.1) is 13.2 Å². The van der Waals surface area contributed by atoms with Gasteiger partial charge in [0.15, 0.2) is 11.5 Å². The number of rotatable bonds is 1. The fourth-order valence-corrected chi connectivity index (χ4v) is 1.41. The molecule has 0 radical (unpaired) electrons. The predicted molar refractivity (Wildman–Crippen MR) is 43.6 cm³/mol. The van der Waals surface area contributed by atoms with Gasteiger partial charge in [0, 0.05) is 5.56 Å². The molecule has 1 aromatic carbocycles. The molecule has 0 amide bonds. The molecule has 0 saturated carbocycles. The van der Waals surface area contributed by atoms with Crippen LogP contribution < -0.4 is 9.47 Å². The number of aliphatic hydroxyl groups excluding tert-OH is 1. The molecule has 0 saturated heterocycles. The van der Waals surface area contributed by atoms with E-state index in [1.54, 1.807) is 0 Å². The van der Waals surface area contributed by atoms with Crippen LogP contribution in [0, 0.1) is 0 Å². The number of benzene rings is 1. The van der Waals surface area contributed by atoms with Gasteiger partial charge < -0.3 is 14.6 Å².